The quantitative estimate of drug-likeness (QED) is 0.741. The minimum atomic E-state index is -0.741. The lowest BCUT2D eigenvalue weighted by molar-refractivity contribution is 0.0925. The fourth-order valence-corrected chi connectivity index (χ4v) is 1.32. The molecule has 1 aromatic carbocycles. The predicted octanol–water partition coefficient (Wildman–Crippen LogP) is 1.24. The normalized spacial score (nSPS) is 14.1. The first-order valence-corrected chi connectivity index (χ1v) is 5.45. The lowest BCUT2D eigenvalue weighted by Crippen LogP contribution is -2.40. The van der Waals surface area contributed by atoms with E-state index in [-0.39, 0.29) is 23.3 Å². The molecule has 17 heavy (non-hydrogen) atoms. The van der Waals surface area contributed by atoms with Gasteiger partial charge in [0.15, 0.2) is 0 Å². The van der Waals surface area contributed by atoms with Gasteiger partial charge >= 0.3 is 0 Å². The van der Waals surface area contributed by atoms with E-state index >= 15 is 0 Å². The van der Waals surface area contributed by atoms with Crippen molar-refractivity contribution in [3.8, 4) is 5.75 Å². The van der Waals surface area contributed by atoms with Gasteiger partial charge in [0, 0.05) is 12.1 Å². The van der Waals surface area contributed by atoms with Crippen molar-refractivity contribution in [2.45, 2.75) is 19.9 Å². The van der Waals surface area contributed by atoms with Gasteiger partial charge in [-0.15, -0.1) is 0 Å². The summed E-state index contributed by atoms with van der Waals surface area (Å²) in [5.74, 6) is -1.34. The maximum atomic E-state index is 13.4. The highest BCUT2D eigenvalue weighted by Gasteiger charge is 2.17. The Morgan fingerprint density at radius 1 is 1.53 bits per heavy atom. The van der Waals surface area contributed by atoms with Crippen molar-refractivity contribution in [1.29, 1.82) is 0 Å². The van der Waals surface area contributed by atoms with Gasteiger partial charge in [0.25, 0.3) is 5.91 Å². The highest BCUT2D eigenvalue weighted by molar-refractivity contribution is 5.94. The second kappa shape index (κ2) is 5.63. The van der Waals surface area contributed by atoms with Gasteiger partial charge < -0.3 is 16.2 Å². The number of carbonyl (C=O) groups excluding carboxylic acids is 1. The molecule has 0 aliphatic rings. The van der Waals surface area contributed by atoms with Gasteiger partial charge in [-0.25, -0.2) is 4.39 Å². The molecule has 4 N–H and O–H groups in total. The molecule has 0 aromatic heterocycles. The zero-order valence-electron chi connectivity index (χ0n) is 9.90. The standard InChI is InChI=1S/C12H17FN2O2/c1-7(6-14)8(2)15-12(17)10-4-3-9(16)5-11(10)13/h3-5,7-8,16H,6,14H2,1-2H3,(H,15,17). The van der Waals surface area contributed by atoms with Crippen LogP contribution in [0.3, 0.4) is 0 Å². The summed E-state index contributed by atoms with van der Waals surface area (Å²) in [5, 5.41) is 11.7. The molecule has 0 heterocycles. The van der Waals surface area contributed by atoms with Crippen molar-refractivity contribution in [2.75, 3.05) is 6.54 Å². The molecule has 5 heteroatoms. The molecule has 1 aromatic rings. The number of amides is 1. The molecule has 1 rings (SSSR count). The summed E-state index contributed by atoms with van der Waals surface area (Å²) < 4.78 is 13.4. The number of phenolic OH excluding ortho intramolecular Hbond substituents is 1. The number of rotatable bonds is 4. The third-order valence-corrected chi connectivity index (χ3v) is 2.78. The number of hydrogen-bond acceptors (Lipinski definition) is 3. The Hall–Kier alpha value is -1.62. The number of phenols is 1. The molecule has 4 nitrogen and oxygen atoms in total. The first-order valence-electron chi connectivity index (χ1n) is 5.45. The Balaban J connectivity index is 2.76. The highest BCUT2D eigenvalue weighted by atomic mass is 19.1. The Morgan fingerprint density at radius 2 is 2.18 bits per heavy atom. The molecule has 94 valence electrons. The summed E-state index contributed by atoms with van der Waals surface area (Å²) in [6.45, 7) is 4.16. The van der Waals surface area contributed by atoms with Crippen molar-refractivity contribution in [1.82, 2.24) is 5.32 Å². The topological polar surface area (TPSA) is 75.3 Å². The van der Waals surface area contributed by atoms with Gasteiger partial charge in [-0.3, -0.25) is 4.79 Å². The van der Waals surface area contributed by atoms with Crippen molar-refractivity contribution in [3.63, 3.8) is 0 Å². The Kier molecular flexibility index (Phi) is 4.45. The van der Waals surface area contributed by atoms with Crippen LogP contribution in [0.1, 0.15) is 24.2 Å². The average molecular weight is 240 g/mol. The van der Waals surface area contributed by atoms with Crippen LogP contribution >= 0.6 is 0 Å². The van der Waals surface area contributed by atoms with Crippen LogP contribution in [0.25, 0.3) is 0 Å². The van der Waals surface area contributed by atoms with Crippen LogP contribution in [-0.2, 0) is 0 Å². The smallest absolute Gasteiger partial charge is 0.254 e. The lowest BCUT2D eigenvalue weighted by atomic mass is 10.0. The summed E-state index contributed by atoms with van der Waals surface area (Å²) in [5.41, 5.74) is 5.39. The molecule has 1 amide bonds. The monoisotopic (exact) mass is 240 g/mol. The largest absolute Gasteiger partial charge is 0.508 e. The summed E-state index contributed by atoms with van der Waals surface area (Å²) in [4.78, 5) is 11.7. The number of carbonyl (C=O) groups is 1. The second-order valence-corrected chi connectivity index (χ2v) is 4.14. The zero-order chi connectivity index (χ0) is 13.0. The molecule has 0 bridgehead atoms. The summed E-state index contributed by atoms with van der Waals surface area (Å²) in [7, 11) is 0. The van der Waals surface area contributed by atoms with E-state index in [1.54, 1.807) is 0 Å². The molecule has 0 fully saturated rings. The summed E-state index contributed by atoms with van der Waals surface area (Å²) in [6.07, 6.45) is 0. The molecule has 0 saturated heterocycles. The van der Waals surface area contributed by atoms with Gasteiger partial charge in [-0.1, -0.05) is 6.92 Å². The zero-order valence-corrected chi connectivity index (χ0v) is 9.90. The third-order valence-electron chi connectivity index (χ3n) is 2.78. The van der Waals surface area contributed by atoms with Crippen LogP contribution in [-0.4, -0.2) is 23.6 Å². The predicted molar refractivity (Wildman–Crippen MR) is 63.2 cm³/mol. The minimum absolute atomic E-state index is 0.0844. The first-order chi connectivity index (χ1) is 7.95. The SMILES string of the molecule is CC(CN)C(C)NC(=O)c1ccc(O)cc1F. The fourth-order valence-electron chi connectivity index (χ4n) is 1.32. The highest BCUT2D eigenvalue weighted by Crippen LogP contribution is 2.15. The Bertz CT molecular complexity index is 409. The van der Waals surface area contributed by atoms with Crippen molar-refractivity contribution < 1.29 is 14.3 Å². The van der Waals surface area contributed by atoms with Crippen molar-refractivity contribution >= 4 is 5.91 Å². The maximum absolute atomic E-state index is 13.4. The summed E-state index contributed by atoms with van der Waals surface area (Å²) >= 11 is 0. The van der Waals surface area contributed by atoms with E-state index in [1.165, 1.54) is 12.1 Å². The van der Waals surface area contributed by atoms with E-state index in [1.807, 2.05) is 13.8 Å². The van der Waals surface area contributed by atoms with Crippen molar-refractivity contribution in [3.05, 3.63) is 29.6 Å². The van der Waals surface area contributed by atoms with E-state index in [4.69, 9.17) is 10.8 Å². The maximum Gasteiger partial charge on any atom is 0.254 e. The number of halogens is 1. The Labute approximate surface area is 99.6 Å². The number of nitrogens with one attached hydrogen (secondary N) is 1. The van der Waals surface area contributed by atoms with Crippen LogP contribution < -0.4 is 11.1 Å². The van der Waals surface area contributed by atoms with Gasteiger partial charge in [0.2, 0.25) is 0 Å². The second-order valence-electron chi connectivity index (χ2n) is 4.14. The first kappa shape index (κ1) is 13.4. The molecule has 2 atom stereocenters. The molecule has 0 radical (unpaired) electrons. The van der Waals surface area contributed by atoms with Gasteiger partial charge in [0.1, 0.15) is 11.6 Å². The molecule has 0 aliphatic carbocycles. The average Bonchev–Trinajstić information content (AvgIpc) is 2.27. The Morgan fingerprint density at radius 3 is 2.71 bits per heavy atom. The molecular weight excluding hydrogens is 223 g/mol. The van der Waals surface area contributed by atoms with E-state index in [0.717, 1.165) is 6.07 Å². The van der Waals surface area contributed by atoms with Crippen LogP contribution in [0.2, 0.25) is 0 Å². The molecule has 0 saturated carbocycles. The fraction of sp³-hybridized carbons (Fsp3) is 0.417. The molecule has 0 aliphatic heterocycles. The van der Waals surface area contributed by atoms with Gasteiger partial charge in [-0.05, 0) is 31.5 Å². The number of nitrogens with two attached hydrogens (primary N) is 1. The van der Waals surface area contributed by atoms with Gasteiger partial charge in [0.05, 0.1) is 5.56 Å². The number of aromatic hydroxyl groups is 1. The van der Waals surface area contributed by atoms with E-state index in [9.17, 15) is 9.18 Å². The van der Waals surface area contributed by atoms with Crippen LogP contribution in [0, 0.1) is 11.7 Å². The minimum Gasteiger partial charge on any atom is -0.508 e. The van der Waals surface area contributed by atoms with Crippen molar-refractivity contribution in [2.24, 2.45) is 11.7 Å². The lowest BCUT2D eigenvalue weighted by Gasteiger charge is -2.19. The van der Waals surface area contributed by atoms with E-state index in [2.05, 4.69) is 5.32 Å². The molecular formula is C12H17FN2O2. The van der Waals surface area contributed by atoms with Crippen LogP contribution in [0.15, 0.2) is 18.2 Å². The number of hydrogen-bond donors (Lipinski definition) is 3. The van der Waals surface area contributed by atoms with Crippen LogP contribution in [0.4, 0.5) is 4.39 Å². The molecule has 0 spiro atoms. The van der Waals surface area contributed by atoms with E-state index < -0.39 is 11.7 Å². The van der Waals surface area contributed by atoms with Crippen LogP contribution in [0.5, 0.6) is 5.75 Å². The van der Waals surface area contributed by atoms with Gasteiger partial charge in [-0.2, -0.15) is 0 Å². The number of benzene rings is 1. The molecule has 2 unspecified atom stereocenters. The summed E-state index contributed by atoms with van der Waals surface area (Å²) in [6, 6.07) is 3.29. The third kappa shape index (κ3) is 3.42. The van der Waals surface area contributed by atoms with E-state index in [0.29, 0.717) is 6.54 Å².